The van der Waals surface area contributed by atoms with Gasteiger partial charge < -0.3 is 4.42 Å². The van der Waals surface area contributed by atoms with Crippen molar-refractivity contribution >= 4 is 11.8 Å². The van der Waals surface area contributed by atoms with E-state index in [9.17, 15) is 4.79 Å². The lowest BCUT2D eigenvalue weighted by Crippen LogP contribution is -2.06. The van der Waals surface area contributed by atoms with Gasteiger partial charge in [0.25, 0.3) is 0 Å². The Kier molecular flexibility index (Phi) is 3.70. The maximum atomic E-state index is 11.7. The molecule has 2 aromatic rings. The molecule has 0 aliphatic carbocycles. The number of rotatable bonds is 2. The Morgan fingerprint density at radius 1 is 1.16 bits per heavy atom. The molecule has 0 N–H and O–H groups in total. The fourth-order valence-corrected chi connectivity index (χ4v) is 2.14. The van der Waals surface area contributed by atoms with Crippen LogP contribution in [-0.2, 0) is 0 Å². The molecule has 92 valence electrons. The van der Waals surface area contributed by atoms with E-state index >= 15 is 0 Å². The number of thioether (sulfide) groups is 1. The molecule has 0 saturated carbocycles. The summed E-state index contributed by atoms with van der Waals surface area (Å²) in [7, 11) is 0. The minimum atomic E-state index is -0.645. The highest BCUT2D eigenvalue weighted by molar-refractivity contribution is 7.98. The van der Waals surface area contributed by atoms with Crippen molar-refractivity contribution in [2.24, 2.45) is 0 Å². The highest BCUT2D eigenvalue weighted by atomic mass is 32.2. The van der Waals surface area contributed by atoms with E-state index in [1.54, 1.807) is 36.6 Å². The summed E-state index contributed by atoms with van der Waals surface area (Å²) in [6, 6.07) is 12.2. The summed E-state index contributed by atoms with van der Waals surface area (Å²) in [6.45, 7) is 0. The van der Waals surface area contributed by atoms with Gasteiger partial charge in [0.1, 0.15) is 11.8 Å². The Bertz CT molecular complexity index is 749. The number of nitriles is 2. The Morgan fingerprint density at radius 2 is 1.84 bits per heavy atom. The number of hydrogen-bond donors (Lipinski definition) is 0. The molecule has 0 aliphatic heterocycles. The second kappa shape index (κ2) is 5.43. The largest absolute Gasteiger partial charge is 0.422 e. The maximum absolute atomic E-state index is 11.7. The monoisotopic (exact) mass is 268 g/mol. The topological polar surface area (TPSA) is 77.8 Å². The first-order valence-corrected chi connectivity index (χ1v) is 6.55. The standard InChI is InChI=1S/C14H8N2O2S/c1-19-13-6-12(18-14(17)11(13)8-16)10-4-2-9(7-15)3-5-10/h2-6H,1H3. The highest BCUT2D eigenvalue weighted by Gasteiger charge is 2.12. The van der Waals surface area contributed by atoms with Crippen LogP contribution in [0.1, 0.15) is 11.1 Å². The Labute approximate surface area is 113 Å². The molecule has 0 radical (unpaired) electrons. The third kappa shape index (κ3) is 2.52. The SMILES string of the molecule is CSc1cc(-c2ccc(C#N)cc2)oc(=O)c1C#N. The average molecular weight is 268 g/mol. The second-order valence-electron chi connectivity index (χ2n) is 3.64. The zero-order chi connectivity index (χ0) is 13.8. The molecule has 1 aromatic heterocycles. The molecule has 0 saturated heterocycles. The lowest BCUT2D eigenvalue weighted by atomic mass is 10.1. The van der Waals surface area contributed by atoms with E-state index in [0.717, 1.165) is 0 Å². The minimum absolute atomic E-state index is 0.0184. The second-order valence-corrected chi connectivity index (χ2v) is 4.49. The van der Waals surface area contributed by atoms with Gasteiger partial charge >= 0.3 is 5.63 Å². The van der Waals surface area contributed by atoms with E-state index in [1.807, 2.05) is 12.1 Å². The van der Waals surface area contributed by atoms with E-state index < -0.39 is 5.63 Å². The number of benzene rings is 1. The van der Waals surface area contributed by atoms with Crippen molar-refractivity contribution < 1.29 is 4.42 Å². The normalized spacial score (nSPS) is 9.63. The molecular formula is C14H8N2O2S. The third-order valence-electron chi connectivity index (χ3n) is 2.55. The molecule has 0 spiro atoms. The van der Waals surface area contributed by atoms with Crippen molar-refractivity contribution in [1.82, 2.24) is 0 Å². The van der Waals surface area contributed by atoms with Crippen LogP contribution in [-0.4, -0.2) is 6.26 Å². The summed E-state index contributed by atoms with van der Waals surface area (Å²) in [4.78, 5) is 12.3. The van der Waals surface area contributed by atoms with Crippen molar-refractivity contribution in [2.45, 2.75) is 4.90 Å². The fourth-order valence-electron chi connectivity index (χ4n) is 1.59. The average Bonchev–Trinajstić information content (AvgIpc) is 2.46. The first-order valence-electron chi connectivity index (χ1n) is 5.32. The molecule has 0 aliphatic rings. The van der Waals surface area contributed by atoms with Crippen LogP contribution < -0.4 is 5.63 Å². The molecule has 0 atom stereocenters. The van der Waals surface area contributed by atoms with Gasteiger partial charge in [-0.05, 0) is 36.6 Å². The van der Waals surface area contributed by atoms with E-state index in [-0.39, 0.29) is 5.56 Å². The Balaban J connectivity index is 2.58. The molecule has 5 heteroatoms. The van der Waals surface area contributed by atoms with Crippen LogP contribution >= 0.6 is 11.8 Å². The Hall–Kier alpha value is -2.50. The summed E-state index contributed by atoms with van der Waals surface area (Å²) in [5, 5.41) is 17.6. The number of nitrogens with zero attached hydrogens (tertiary/aromatic N) is 2. The predicted molar refractivity (Wildman–Crippen MR) is 71.6 cm³/mol. The van der Waals surface area contributed by atoms with Crippen LogP contribution in [0.3, 0.4) is 0 Å². The van der Waals surface area contributed by atoms with E-state index in [1.165, 1.54) is 11.8 Å². The van der Waals surface area contributed by atoms with E-state index in [0.29, 0.717) is 21.8 Å². The van der Waals surface area contributed by atoms with Gasteiger partial charge in [0, 0.05) is 10.5 Å². The lowest BCUT2D eigenvalue weighted by molar-refractivity contribution is 0.518. The first kappa shape index (κ1) is 12.9. The highest BCUT2D eigenvalue weighted by Crippen LogP contribution is 2.25. The van der Waals surface area contributed by atoms with Gasteiger partial charge in [0.15, 0.2) is 5.56 Å². The van der Waals surface area contributed by atoms with Crippen LogP contribution in [0.4, 0.5) is 0 Å². The summed E-state index contributed by atoms with van der Waals surface area (Å²) in [6.07, 6.45) is 1.79. The van der Waals surface area contributed by atoms with Crippen LogP contribution in [0.2, 0.25) is 0 Å². The molecule has 0 bridgehead atoms. The minimum Gasteiger partial charge on any atom is -0.422 e. The molecule has 1 aromatic carbocycles. The molecule has 0 fully saturated rings. The molecule has 1 heterocycles. The fraction of sp³-hybridized carbons (Fsp3) is 0.0714. The summed E-state index contributed by atoms with van der Waals surface area (Å²) in [5.74, 6) is 0.387. The summed E-state index contributed by atoms with van der Waals surface area (Å²) >= 11 is 1.32. The van der Waals surface area contributed by atoms with Crippen molar-refractivity contribution in [3.8, 4) is 23.5 Å². The summed E-state index contributed by atoms with van der Waals surface area (Å²) < 4.78 is 5.13. The van der Waals surface area contributed by atoms with Gasteiger partial charge in [-0.15, -0.1) is 11.8 Å². The van der Waals surface area contributed by atoms with Crippen LogP contribution in [0.25, 0.3) is 11.3 Å². The molecule has 4 nitrogen and oxygen atoms in total. The number of hydrogen-bond acceptors (Lipinski definition) is 5. The van der Waals surface area contributed by atoms with Gasteiger partial charge in [0.2, 0.25) is 0 Å². The summed E-state index contributed by atoms with van der Waals surface area (Å²) in [5.41, 5.74) is 0.597. The van der Waals surface area contributed by atoms with Crippen LogP contribution in [0, 0.1) is 22.7 Å². The molecule has 19 heavy (non-hydrogen) atoms. The van der Waals surface area contributed by atoms with Gasteiger partial charge in [-0.2, -0.15) is 10.5 Å². The first-order chi connectivity index (χ1) is 9.19. The molecule has 0 amide bonds. The molecular weight excluding hydrogens is 260 g/mol. The molecule has 0 unspecified atom stereocenters. The van der Waals surface area contributed by atoms with Gasteiger partial charge in [0.05, 0.1) is 11.6 Å². The quantitative estimate of drug-likeness (QED) is 0.782. The van der Waals surface area contributed by atoms with Crippen molar-refractivity contribution in [2.75, 3.05) is 6.26 Å². The zero-order valence-corrected chi connectivity index (χ0v) is 10.8. The zero-order valence-electron chi connectivity index (χ0n) is 10.0. The van der Waals surface area contributed by atoms with Crippen LogP contribution in [0.15, 0.2) is 44.4 Å². The van der Waals surface area contributed by atoms with E-state index in [2.05, 4.69) is 0 Å². The van der Waals surface area contributed by atoms with Gasteiger partial charge in [-0.1, -0.05) is 0 Å². The van der Waals surface area contributed by atoms with Gasteiger partial charge in [-0.25, -0.2) is 4.79 Å². The van der Waals surface area contributed by atoms with Crippen molar-refractivity contribution in [1.29, 1.82) is 10.5 Å². The third-order valence-corrected chi connectivity index (χ3v) is 3.31. The predicted octanol–water partition coefficient (Wildman–Crippen LogP) is 2.77. The smallest absolute Gasteiger partial charge is 0.355 e. The van der Waals surface area contributed by atoms with E-state index in [4.69, 9.17) is 14.9 Å². The molecule has 2 rings (SSSR count). The van der Waals surface area contributed by atoms with Gasteiger partial charge in [-0.3, -0.25) is 0 Å². The van der Waals surface area contributed by atoms with Crippen molar-refractivity contribution in [3.05, 3.63) is 51.9 Å². The maximum Gasteiger partial charge on any atom is 0.355 e. The van der Waals surface area contributed by atoms with Crippen molar-refractivity contribution in [3.63, 3.8) is 0 Å². The lowest BCUT2D eigenvalue weighted by Gasteiger charge is -2.03. The van der Waals surface area contributed by atoms with Crippen LogP contribution in [0.5, 0.6) is 0 Å². The Morgan fingerprint density at radius 3 is 2.37 bits per heavy atom.